The van der Waals surface area contributed by atoms with Gasteiger partial charge < -0.3 is 4.42 Å². The Kier molecular flexibility index (Phi) is 2.75. The Morgan fingerprint density at radius 3 is 2.44 bits per heavy atom. The molecule has 0 saturated carbocycles. The maximum Gasteiger partial charge on any atom is 0.417 e. The van der Waals surface area contributed by atoms with Crippen LogP contribution in [-0.2, 0) is 6.18 Å². The van der Waals surface area contributed by atoms with Crippen LogP contribution in [0.1, 0.15) is 5.56 Å². The van der Waals surface area contributed by atoms with Crippen LogP contribution in [0.25, 0.3) is 11.3 Å². The maximum atomic E-state index is 12.7. The fourth-order valence-corrected chi connectivity index (χ4v) is 1.60. The number of alkyl halides is 3. The Bertz CT molecular complexity index is 507. The second kappa shape index (κ2) is 3.93. The van der Waals surface area contributed by atoms with E-state index >= 15 is 0 Å². The predicted octanol–water partition coefficient (Wildman–Crippen LogP) is 4.12. The highest BCUT2D eigenvalue weighted by Gasteiger charge is 2.34. The molecular formula is C10H5BrF3NO. The number of nitrogens with zero attached hydrogens (tertiary/aromatic N) is 1. The Balaban J connectivity index is 2.57. The van der Waals surface area contributed by atoms with Crippen molar-refractivity contribution in [2.75, 3.05) is 0 Å². The number of hydrogen-bond acceptors (Lipinski definition) is 2. The lowest BCUT2D eigenvalue weighted by Crippen LogP contribution is -2.06. The molecule has 0 unspecified atom stereocenters. The molecule has 1 aromatic carbocycles. The maximum absolute atomic E-state index is 12.7. The zero-order chi connectivity index (χ0) is 11.8. The van der Waals surface area contributed by atoms with Crippen molar-refractivity contribution >= 4 is 15.9 Å². The minimum Gasteiger partial charge on any atom is -0.431 e. The van der Waals surface area contributed by atoms with Crippen molar-refractivity contribution in [3.63, 3.8) is 0 Å². The van der Waals surface area contributed by atoms with Gasteiger partial charge in [-0.2, -0.15) is 13.2 Å². The molecule has 0 aliphatic carbocycles. The van der Waals surface area contributed by atoms with E-state index in [9.17, 15) is 13.2 Å². The van der Waals surface area contributed by atoms with Gasteiger partial charge in [-0.3, -0.25) is 0 Å². The fourth-order valence-electron chi connectivity index (χ4n) is 1.32. The summed E-state index contributed by atoms with van der Waals surface area (Å²) in [4.78, 5) is 3.85. The summed E-state index contributed by atoms with van der Waals surface area (Å²) in [6.07, 6.45) is -3.16. The predicted molar refractivity (Wildman–Crippen MR) is 54.6 cm³/mol. The summed E-state index contributed by atoms with van der Waals surface area (Å²) in [6, 6.07) is 5.19. The van der Waals surface area contributed by atoms with Gasteiger partial charge in [-0.15, -0.1) is 0 Å². The van der Waals surface area contributed by atoms with E-state index in [4.69, 9.17) is 4.42 Å². The van der Waals surface area contributed by atoms with Crippen molar-refractivity contribution in [2.24, 2.45) is 0 Å². The molecule has 1 heterocycles. The lowest BCUT2D eigenvalue weighted by atomic mass is 10.1. The molecule has 0 aliphatic rings. The van der Waals surface area contributed by atoms with Crippen LogP contribution < -0.4 is 0 Å². The molecule has 0 fully saturated rings. The first kappa shape index (κ1) is 11.2. The lowest BCUT2D eigenvalue weighted by molar-refractivity contribution is -0.137. The van der Waals surface area contributed by atoms with E-state index in [0.29, 0.717) is 0 Å². The first-order chi connectivity index (χ1) is 7.48. The van der Waals surface area contributed by atoms with Crippen molar-refractivity contribution in [3.05, 3.63) is 40.8 Å². The van der Waals surface area contributed by atoms with Gasteiger partial charge in [0.05, 0.1) is 11.8 Å². The molecule has 0 radical (unpaired) electrons. The molecule has 0 N–H and O–H groups in total. The quantitative estimate of drug-likeness (QED) is 0.790. The van der Waals surface area contributed by atoms with Gasteiger partial charge in [-0.05, 0) is 6.07 Å². The minimum atomic E-state index is -4.41. The number of oxazole rings is 1. The van der Waals surface area contributed by atoms with E-state index in [0.717, 1.165) is 6.07 Å². The van der Waals surface area contributed by atoms with E-state index in [1.165, 1.54) is 24.4 Å². The molecule has 0 aliphatic heterocycles. The molecule has 6 heteroatoms. The van der Waals surface area contributed by atoms with Gasteiger partial charge in [0.2, 0.25) is 0 Å². The van der Waals surface area contributed by atoms with Crippen LogP contribution in [-0.4, -0.2) is 4.98 Å². The first-order valence-corrected chi connectivity index (χ1v) is 5.06. The molecule has 0 atom stereocenters. The zero-order valence-electron chi connectivity index (χ0n) is 7.75. The van der Waals surface area contributed by atoms with E-state index in [-0.39, 0.29) is 16.1 Å². The second-order valence-corrected chi connectivity index (χ2v) is 3.70. The fraction of sp³-hybridized carbons (Fsp3) is 0.100. The van der Waals surface area contributed by atoms with E-state index in [1.807, 2.05) is 0 Å². The van der Waals surface area contributed by atoms with Crippen LogP contribution in [0.2, 0.25) is 0 Å². The van der Waals surface area contributed by atoms with Gasteiger partial charge in [0.15, 0.2) is 5.76 Å². The van der Waals surface area contributed by atoms with Gasteiger partial charge >= 0.3 is 6.18 Å². The van der Waals surface area contributed by atoms with Crippen LogP contribution in [0.4, 0.5) is 13.2 Å². The number of halogens is 4. The van der Waals surface area contributed by atoms with Gasteiger partial charge in [-0.25, -0.2) is 4.98 Å². The number of benzene rings is 1. The normalized spacial score (nSPS) is 11.8. The summed E-state index contributed by atoms with van der Waals surface area (Å²) in [5.41, 5.74) is -0.758. The Hall–Kier alpha value is -1.30. The second-order valence-electron chi connectivity index (χ2n) is 3.02. The van der Waals surface area contributed by atoms with Crippen LogP contribution in [0.5, 0.6) is 0 Å². The largest absolute Gasteiger partial charge is 0.431 e. The molecule has 1 aromatic heterocycles. The summed E-state index contributed by atoms with van der Waals surface area (Å²) in [5.74, 6) is 0.0831. The van der Waals surface area contributed by atoms with E-state index in [2.05, 4.69) is 20.9 Å². The average molecular weight is 292 g/mol. The van der Waals surface area contributed by atoms with Crippen molar-refractivity contribution in [1.82, 2.24) is 4.98 Å². The van der Waals surface area contributed by atoms with Gasteiger partial charge in [-0.1, -0.05) is 18.2 Å². The number of aromatic nitrogens is 1. The van der Waals surface area contributed by atoms with Crippen LogP contribution in [0.3, 0.4) is 0 Å². The summed E-state index contributed by atoms with van der Waals surface area (Å²) in [7, 11) is 0. The summed E-state index contributed by atoms with van der Waals surface area (Å²) in [5, 5.41) is 0. The molecule has 84 valence electrons. The summed E-state index contributed by atoms with van der Waals surface area (Å²) in [6.45, 7) is 0. The van der Waals surface area contributed by atoms with Crippen LogP contribution in [0, 0.1) is 0 Å². The van der Waals surface area contributed by atoms with Crippen LogP contribution >= 0.6 is 15.9 Å². The first-order valence-electron chi connectivity index (χ1n) is 4.26. The molecule has 0 amide bonds. The molecule has 0 spiro atoms. The molecule has 0 saturated heterocycles. The molecule has 2 nitrogen and oxygen atoms in total. The average Bonchev–Trinajstić information content (AvgIpc) is 2.64. The highest BCUT2D eigenvalue weighted by atomic mass is 79.9. The lowest BCUT2D eigenvalue weighted by Gasteiger charge is -2.10. The Morgan fingerprint density at radius 2 is 1.88 bits per heavy atom. The smallest absolute Gasteiger partial charge is 0.417 e. The minimum absolute atomic E-state index is 0.0202. The highest BCUT2D eigenvalue weighted by Crippen LogP contribution is 2.37. The Morgan fingerprint density at radius 1 is 1.19 bits per heavy atom. The third kappa shape index (κ3) is 2.11. The summed E-state index contributed by atoms with van der Waals surface area (Å²) >= 11 is 2.95. The van der Waals surface area contributed by atoms with Crippen molar-refractivity contribution in [2.45, 2.75) is 6.18 Å². The standard InChI is InChI=1S/C10H5BrF3NO/c11-9-15-5-8(16-9)6-3-1-2-4-7(6)10(12,13)14/h1-5H. The number of rotatable bonds is 1. The van der Waals surface area contributed by atoms with Gasteiger partial charge in [0, 0.05) is 21.5 Å². The Labute approximate surface area is 97.2 Å². The topological polar surface area (TPSA) is 26.0 Å². The van der Waals surface area contributed by atoms with Gasteiger partial charge in [0.1, 0.15) is 0 Å². The third-order valence-electron chi connectivity index (χ3n) is 1.98. The van der Waals surface area contributed by atoms with Crippen molar-refractivity contribution in [3.8, 4) is 11.3 Å². The molecule has 2 aromatic rings. The molecule has 16 heavy (non-hydrogen) atoms. The molecule has 0 bridgehead atoms. The SMILES string of the molecule is FC(F)(F)c1ccccc1-c1cnc(Br)o1. The molecule has 2 rings (SSSR count). The van der Waals surface area contributed by atoms with E-state index < -0.39 is 11.7 Å². The van der Waals surface area contributed by atoms with Crippen molar-refractivity contribution in [1.29, 1.82) is 0 Å². The summed E-state index contributed by atoms with van der Waals surface area (Å²) < 4.78 is 43.0. The number of hydrogen-bond donors (Lipinski definition) is 0. The zero-order valence-corrected chi connectivity index (χ0v) is 9.34. The van der Waals surface area contributed by atoms with Crippen molar-refractivity contribution < 1.29 is 17.6 Å². The van der Waals surface area contributed by atoms with Gasteiger partial charge in [0.25, 0.3) is 4.80 Å². The third-order valence-corrected chi connectivity index (χ3v) is 2.34. The van der Waals surface area contributed by atoms with Crippen LogP contribution in [0.15, 0.2) is 39.7 Å². The monoisotopic (exact) mass is 291 g/mol. The van der Waals surface area contributed by atoms with E-state index in [1.54, 1.807) is 0 Å². The highest BCUT2D eigenvalue weighted by molar-refractivity contribution is 9.10. The molecular weight excluding hydrogens is 287 g/mol.